The Bertz CT molecular complexity index is 779. The van der Waals surface area contributed by atoms with Crippen LogP contribution in [0.2, 0.25) is 0 Å². The van der Waals surface area contributed by atoms with Crippen LogP contribution < -0.4 is 4.90 Å². The van der Waals surface area contributed by atoms with Gasteiger partial charge in [-0.05, 0) is 72.7 Å². The molecule has 0 radical (unpaired) electrons. The van der Waals surface area contributed by atoms with Crippen molar-refractivity contribution in [1.29, 1.82) is 0 Å². The molecular formula is C21H23F3N2. The molecule has 2 nitrogen and oxygen atoms in total. The monoisotopic (exact) mass is 360 g/mol. The van der Waals surface area contributed by atoms with E-state index in [-0.39, 0.29) is 0 Å². The SMILES string of the molecule is CN(c1ccc(C(F)(F)F)cc1)c1ccc2c(c1)CN(CC1CC1)CC2. The molecule has 4 rings (SSSR count). The molecular weight excluding hydrogens is 337 g/mol. The summed E-state index contributed by atoms with van der Waals surface area (Å²) in [5.74, 6) is 0.884. The van der Waals surface area contributed by atoms with Crippen molar-refractivity contribution in [2.24, 2.45) is 5.92 Å². The third kappa shape index (κ3) is 3.73. The number of anilines is 2. The Morgan fingerprint density at radius 3 is 2.35 bits per heavy atom. The third-order valence-electron chi connectivity index (χ3n) is 5.46. The van der Waals surface area contributed by atoms with Gasteiger partial charge in [-0.1, -0.05) is 6.07 Å². The molecule has 0 bridgehead atoms. The first-order valence-electron chi connectivity index (χ1n) is 9.15. The number of hydrogen-bond donors (Lipinski definition) is 0. The highest BCUT2D eigenvalue weighted by Gasteiger charge is 2.30. The van der Waals surface area contributed by atoms with Crippen LogP contribution in [0.1, 0.15) is 29.5 Å². The van der Waals surface area contributed by atoms with Crippen molar-refractivity contribution in [1.82, 2.24) is 4.90 Å². The van der Waals surface area contributed by atoms with Crippen LogP contribution in [0.5, 0.6) is 0 Å². The van der Waals surface area contributed by atoms with Crippen molar-refractivity contribution in [3.8, 4) is 0 Å². The van der Waals surface area contributed by atoms with E-state index in [1.165, 1.54) is 42.6 Å². The summed E-state index contributed by atoms with van der Waals surface area (Å²) in [4.78, 5) is 4.47. The highest BCUT2D eigenvalue weighted by Crippen LogP contribution is 2.34. The topological polar surface area (TPSA) is 6.48 Å². The lowest BCUT2D eigenvalue weighted by molar-refractivity contribution is -0.137. The maximum atomic E-state index is 12.7. The van der Waals surface area contributed by atoms with Gasteiger partial charge in [-0.25, -0.2) is 0 Å². The lowest BCUT2D eigenvalue weighted by Crippen LogP contribution is -2.32. The van der Waals surface area contributed by atoms with Gasteiger partial charge in [0.05, 0.1) is 5.56 Å². The van der Waals surface area contributed by atoms with Crippen LogP contribution in [0.25, 0.3) is 0 Å². The van der Waals surface area contributed by atoms with Gasteiger partial charge in [-0.3, -0.25) is 4.90 Å². The van der Waals surface area contributed by atoms with Gasteiger partial charge in [0.2, 0.25) is 0 Å². The largest absolute Gasteiger partial charge is 0.416 e. The number of fused-ring (bicyclic) bond motifs is 1. The number of alkyl halides is 3. The smallest absolute Gasteiger partial charge is 0.345 e. The Balaban J connectivity index is 1.52. The fourth-order valence-electron chi connectivity index (χ4n) is 3.66. The van der Waals surface area contributed by atoms with Gasteiger partial charge in [-0.2, -0.15) is 13.2 Å². The summed E-state index contributed by atoms with van der Waals surface area (Å²) in [6.07, 6.45) is -0.500. The fraction of sp³-hybridized carbons (Fsp3) is 0.429. The molecule has 138 valence electrons. The Hall–Kier alpha value is -2.01. The Labute approximate surface area is 152 Å². The van der Waals surface area contributed by atoms with Crippen molar-refractivity contribution < 1.29 is 13.2 Å². The molecule has 2 aliphatic rings. The molecule has 26 heavy (non-hydrogen) atoms. The summed E-state index contributed by atoms with van der Waals surface area (Å²) in [5.41, 5.74) is 3.88. The normalized spacial score (nSPS) is 17.8. The van der Waals surface area contributed by atoms with E-state index in [2.05, 4.69) is 23.1 Å². The molecule has 2 aromatic carbocycles. The zero-order valence-corrected chi connectivity index (χ0v) is 14.9. The van der Waals surface area contributed by atoms with Gasteiger partial charge >= 0.3 is 6.18 Å². The van der Waals surface area contributed by atoms with Gasteiger partial charge < -0.3 is 4.90 Å². The summed E-state index contributed by atoms with van der Waals surface area (Å²) in [6, 6.07) is 11.8. The Morgan fingerprint density at radius 2 is 1.69 bits per heavy atom. The molecule has 1 aliphatic heterocycles. The van der Waals surface area contributed by atoms with Crippen molar-refractivity contribution in [3.05, 3.63) is 59.2 Å². The molecule has 0 atom stereocenters. The zero-order valence-electron chi connectivity index (χ0n) is 14.9. The van der Waals surface area contributed by atoms with Crippen LogP contribution in [0.15, 0.2) is 42.5 Å². The lowest BCUT2D eigenvalue weighted by atomic mass is 9.98. The number of nitrogens with zero attached hydrogens (tertiary/aromatic N) is 2. The molecule has 0 N–H and O–H groups in total. The first-order chi connectivity index (χ1) is 12.4. The summed E-state index contributed by atoms with van der Waals surface area (Å²) in [5, 5.41) is 0. The predicted molar refractivity (Wildman–Crippen MR) is 97.7 cm³/mol. The van der Waals surface area contributed by atoms with E-state index in [0.29, 0.717) is 0 Å². The molecule has 0 unspecified atom stereocenters. The summed E-state index contributed by atoms with van der Waals surface area (Å²) >= 11 is 0. The average molecular weight is 360 g/mol. The van der Waals surface area contributed by atoms with E-state index < -0.39 is 11.7 Å². The molecule has 0 saturated heterocycles. The number of hydrogen-bond acceptors (Lipinski definition) is 2. The van der Waals surface area contributed by atoms with E-state index in [0.717, 1.165) is 48.9 Å². The van der Waals surface area contributed by atoms with Gasteiger partial charge in [0.15, 0.2) is 0 Å². The van der Waals surface area contributed by atoms with Crippen LogP contribution in [-0.2, 0) is 19.1 Å². The third-order valence-corrected chi connectivity index (χ3v) is 5.46. The quantitative estimate of drug-likeness (QED) is 0.736. The molecule has 0 aromatic heterocycles. The van der Waals surface area contributed by atoms with Gasteiger partial charge in [0.1, 0.15) is 0 Å². The fourth-order valence-corrected chi connectivity index (χ4v) is 3.66. The van der Waals surface area contributed by atoms with Crippen molar-refractivity contribution in [2.45, 2.75) is 32.0 Å². The van der Waals surface area contributed by atoms with E-state index in [4.69, 9.17) is 0 Å². The van der Waals surface area contributed by atoms with E-state index in [1.807, 2.05) is 11.9 Å². The van der Waals surface area contributed by atoms with Crippen LogP contribution in [0.3, 0.4) is 0 Å². The van der Waals surface area contributed by atoms with Gasteiger partial charge in [0.25, 0.3) is 0 Å². The molecule has 0 amide bonds. The molecule has 1 fully saturated rings. The second kappa shape index (κ2) is 6.62. The number of rotatable bonds is 4. The highest BCUT2D eigenvalue weighted by molar-refractivity contribution is 5.64. The van der Waals surface area contributed by atoms with Crippen LogP contribution in [0.4, 0.5) is 24.5 Å². The van der Waals surface area contributed by atoms with Crippen molar-refractivity contribution in [3.63, 3.8) is 0 Å². The zero-order chi connectivity index (χ0) is 18.3. The summed E-state index contributed by atoms with van der Waals surface area (Å²) < 4.78 is 38.2. The van der Waals surface area contributed by atoms with Crippen molar-refractivity contribution in [2.75, 3.05) is 25.0 Å². The molecule has 1 aliphatic carbocycles. The predicted octanol–water partition coefficient (Wildman–Crippen LogP) is 5.24. The standard InChI is InChI=1S/C21H23F3N2/c1-25(19-8-5-18(6-9-19)21(22,23)24)20-7-4-16-10-11-26(13-15-2-3-15)14-17(16)12-20/h4-9,12,15H,2-3,10-11,13-14H2,1H3. The van der Waals surface area contributed by atoms with Gasteiger partial charge in [0, 0.05) is 38.1 Å². The van der Waals surface area contributed by atoms with E-state index in [1.54, 1.807) is 0 Å². The molecule has 1 heterocycles. The van der Waals surface area contributed by atoms with E-state index in [9.17, 15) is 13.2 Å². The van der Waals surface area contributed by atoms with Crippen molar-refractivity contribution >= 4 is 11.4 Å². The Morgan fingerprint density at radius 1 is 1.00 bits per heavy atom. The molecule has 5 heteroatoms. The second-order valence-electron chi connectivity index (χ2n) is 7.49. The number of benzene rings is 2. The first-order valence-corrected chi connectivity index (χ1v) is 9.15. The van der Waals surface area contributed by atoms with Crippen LogP contribution in [-0.4, -0.2) is 25.0 Å². The van der Waals surface area contributed by atoms with Crippen LogP contribution in [0, 0.1) is 5.92 Å². The highest BCUT2D eigenvalue weighted by atomic mass is 19.4. The minimum absolute atomic E-state index is 0.615. The minimum Gasteiger partial charge on any atom is -0.345 e. The maximum absolute atomic E-state index is 12.7. The minimum atomic E-state index is -4.30. The molecule has 0 spiro atoms. The van der Waals surface area contributed by atoms with E-state index >= 15 is 0 Å². The Kier molecular flexibility index (Phi) is 4.43. The second-order valence-corrected chi connectivity index (χ2v) is 7.49. The first kappa shape index (κ1) is 17.4. The summed E-state index contributed by atoms with van der Waals surface area (Å²) in [7, 11) is 1.90. The maximum Gasteiger partial charge on any atom is 0.416 e. The van der Waals surface area contributed by atoms with Gasteiger partial charge in [-0.15, -0.1) is 0 Å². The average Bonchev–Trinajstić information content (AvgIpc) is 3.44. The molecule has 2 aromatic rings. The number of halogens is 3. The van der Waals surface area contributed by atoms with Crippen LogP contribution >= 0.6 is 0 Å². The summed E-state index contributed by atoms with van der Waals surface area (Å²) in [6.45, 7) is 3.29. The lowest BCUT2D eigenvalue weighted by Gasteiger charge is -2.30. The molecule has 1 saturated carbocycles.